The average molecular weight is 254 g/mol. The summed E-state index contributed by atoms with van der Waals surface area (Å²) >= 11 is 0. The molecule has 1 aromatic rings. The van der Waals surface area contributed by atoms with Gasteiger partial charge in [0.1, 0.15) is 0 Å². The van der Waals surface area contributed by atoms with Gasteiger partial charge in [0.15, 0.2) is 0 Å². The van der Waals surface area contributed by atoms with Gasteiger partial charge in [-0.15, -0.1) is 24.8 Å². The quantitative estimate of drug-likeness (QED) is 0.488. The maximum absolute atomic E-state index is 10.7. The fraction of sp³-hybridized carbons (Fsp3) is 0.250. The number of halogens is 2. The van der Waals surface area contributed by atoms with Gasteiger partial charge in [0.25, 0.3) is 5.69 Å². The van der Waals surface area contributed by atoms with E-state index in [1.54, 1.807) is 25.1 Å². The lowest BCUT2D eigenvalue weighted by Gasteiger charge is -2.03. The summed E-state index contributed by atoms with van der Waals surface area (Å²) in [5, 5.41) is 10.7. The van der Waals surface area contributed by atoms with Crippen LogP contribution in [0.4, 0.5) is 5.69 Å². The highest BCUT2D eigenvalue weighted by Gasteiger charge is 2.15. The SMILES string of the molecule is Cc1cccc(CNN)c1[N+](=O)[O-].Cl.Cl. The third-order valence-electron chi connectivity index (χ3n) is 1.80. The molecule has 1 aromatic carbocycles. The van der Waals surface area contributed by atoms with Gasteiger partial charge in [-0.1, -0.05) is 18.2 Å². The molecule has 0 aromatic heterocycles. The third-order valence-corrected chi connectivity index (χ3v) is 1.80. The Morgan fingerprint density at radius 2 is 2.07 bits per heavy atom. The minimum atomic E-state index is -0.387. The van der Waals surface area contributed by atoms with Gasteiger partial charge in [-0.05, 0) is 6.92 Å². The Kier molecular flexibility index (Phi) is 8.18. The number of hydrazine groups is 1. The summed E-state index contributed by atoms with van der Waals surface area (Å²) in [4.78, 5) is 10.3. The number of nitro benzene ring substituents is 1. The van der Waals surface area contributed by atoms with Crippen LogP contribution in [0.25, 0.3) is 0 Å². The van der Waals surface area contributed by atoms with Crippen molar-refractivity contribution in [1.82, 2.24) is 5.43 Å². The molecule has 0 aliphatic rings. The molecule has 0 fully saturated rings. The molecule has 0 heterocycles. The van der Waals surface area contributed by atoms with Gasteiger partial charge in [0.05, 0.1) is 4.92 Å². The second-order valence-electron chi connectivity index (χ2n) is 2.72. The Morgan fingerprint density at radius 1 is 1.47 bits per heavy atom. The van der Waals surface area contributed by atoms with Gasteiger partial charge in [-0.2, -0.15) is 0 Å². The van der Waals surface area contributed by atoms with Crippen molar-refractivity contribution in [2.45, 2.75) is 13.5 Å². The Bertz CT molecular complexity index is 334. The van der Waals surface area contributed by atoms with Crippen molar-refractivity contribution in [2.24, 2.45) is 5.84 Å². The number of rotatable bonds is 3. The molecule has 3 N–H and O–H groups in total. The summed E-state index contributed by atoms with van der Waals surface area (Å²) in [6.07, 6.45) is 0. The van der Waals surface area contributed by atoms with Crippen molar-refractivity contribution in [1.29, 1.82) is 0 Å². The minimum Gasteiger partial charge on any atom is -0.271 e. The fourth-order valence-electron chi connectivity index (χ4n) is 1.23. The van der Waals surface area contributed by atoms with E-state index in [0.29, 0.717) is 17.7 Å². The largest absolute Gasteiger partial charge is 0.276 e. The van der Waals surface area contributed by atoms with Crippen molar-refractivity contribution in [3.05, 3.63) is 39.4 Å². The van der Waals surface area contributed by atoms with E-state index >= 15 is 0 Å². The lowest BCUT2D eigenvalue weighted by Crippen LogP contribution is -2.21. The Morgan fingerprint density at radius 3 is 2.53 bits per heavy atom. The maximum atomic E-state index is 10.7. The number of hydrogen-bond donors (Lipinski definition) is 2. The number of benzene rings is 1. The number of nitro groups is 1. The third kappa shape index (κ3) is 4.01. The van der Waals surface area contributed by atoms with Crippen LogP contribution in [0.15, 0.2) is 18.2 Å². The first-order chi connectivity index (χ1) is 6.16. The van der Waals surface area contributed by atoms with Crippen molar-refractivity contribution < 1.29 is 4.92 Å². The van der Waals surface area contributed by atoms with Crippen LogP contribution < -0.4 is 11.3 Å². The van der Waals surface area contributed by atoms with Crippen LogP contribution in [-0.2, 0) is 6.54 Å². The highest BCUT2D eigenvalue weighted by Crippen LogP contribution is 2.22. The van der Waals surface area contributed by atoms with Gasteiger partial charge in [0.2, 0.25) is 0 Å². The molecule has 0 atom stereocenters. The van der Waals surface area contributed by atoms with Crippen molar-refractivity contribution in [2.75, 3.05) is 0 Å². The van der Waals surface area contributed by atoms with Crippen LogP contribution in [0.5, 0.6) is 0 Å². The fourth-order valence-corrected chi connectivity index (χ4v) is 1.23. The first-order valence-electron chi connectivity index (χ1n) is 3.83. The van der Waals surface area contributed by atoms with Crippen LogP contribution in [0.2, 0.25) is 0 Å². The Labute approximate surface area is 100.0 Å². The molecule has 7 heteroatoms. The van der Waals surface area contributed by atoms with Crippen molar-refractivity contribution in [3.8, 4) is 0 Å². The number of nitrogens with one attached hydrogen (secondary N) is 1. The molecule has 0 amide bonds. The number of aryl methyl sites for hydroxylation is 1. The summed E-state index contributed by atoms with van der Waals surface area (Å²) < 4.78 is 0. The van der Waals surface area contributed by atoms with Crippen molar-refractivity contribution in [3.63, 3.8) is 0 Å². The van der Waals surface area contributed by atoms with E-state index < -0.39 is 0 Å². The molecule has 0 saturated carbocycles. The van der Waals surface area contributed by atoms with E-state index in [4.69, 9.17) is 5.84 Å². The molecule has 0 spiro atoms. The Hall–Kier alpha value is -0.880. The first kappa shape index (κ1) is 16.5. The zero-order valence-electron chi connectivity index (χ0n) is 8.10. The zero-order chi connectivity index (χ0) is 9.84. The van der Waals surface area contributed by atoms with Crippen LogP contribution >= 0.6 is 24.8 Å². The van der Waals surface area contributed by atoms with Crippen molar-refractivity contribution >= 4 is 30.5 Å². The molecule has 1 rings (SSSR count). The number of nitrogens with two attached hydrogens (primary N) is 1. The van der Waals surface area contributed by atoms with E-state index in [1.165, 1.54) is 0 Å². The summed E-state index contributed by atoms with van der Waals surface area (Å²) in [6, 6.07) is 5.16. The van der Waals surface area contributed by atoms with E-state index in [9.17, 15) is 10.1 Å². The van der Waals surface area contributed by atoms with E-state index in [0.717, 1.165) is 0 Å². The molecule has 0 bridgehead atoms. The minimum absolute atomic E-state index is 0. The first-order valence-corrected chi connectivity index (χ1v) is 3.83. The normalized spacial score (nSPS) is 8.67. The van der Waals surface area contributed by atoms with Gasteiger partial charge >= 0.3 is 0 Å². The molecular weight excluding hydrogens is 241 g/mol. The summed E-state index contributed by atoms with van der Waals surface area (Å²) in [6.45, 7) is 2.01. The highest BCUT2D eigenvalue weighted by molar-refractivity contribution is 5.85. The van der Waals surface area contributed by atoms with Crippen LogP contribution in [0.1, 0.15) is 11.1 Å². The summed E-state index contributed by atoms with van der Waals surface area (Å²) in [5.41, 5.74) is 3.80. The molecule has 15 heavy (non-hydrogen) atoms. The second kappa shape index (κ2) is 7.42. The number of para-hydroxylation sites is 1. The number of nitrogens with zero attached hydrogens (tertiary/aromatic N) is 1. The van der Waals surface area contributed by atoms with Crippen LogP contribution in [0.3, 0.4) is 0 Å². The molecule has 86 valence electrons. The predicted octanol–water partition coefficient (Wildman–Crippen LogP) is 1.71. The van der Waals surface area contributed by atoms with Gasteiger partial charge < -0.3 is 0 Å². The van der Waals surface area contributed by atoms with Gasteiger partial charge in [-0.25, -0.2) is 0 Å². The molecule has 0 saturated heterocycles. The second-order valence-corrected chi connectivity index (χ2v) is 2.72. The van der Waals surface area contributed by atoms with E-state index in [1.807, 2.05) is 0 Å². The lowest BCUT2D eigenvalue weighted by molar-refractivity contribution is -0.386. The topological polar surface area (TPSA) is 81.2 Å². The van der Waals surface area contributed by atoms with E-state index in [2.05, 4.69) is 5.43 Å². The molecular formula is C8H13Cl2N3O2. The molecule has 0 aliphatic heterocycles. The summed E-state index contributed by atoms with van der Waals surface area (Å²) in [5.74, 6) is 5.11. The smallest absolute Gasteiger partial charge is 0.271 e. The van der Waals surface area contributed by atoms with E-state index in [-0.39, 0.29) is 35.4 Å². The van der Waals surface area contributed by atoms with Gasteiger partial charge in [-0.3, -0.25) is 21.4 Å². The Balaban J connectivity index is 0. The molecule has 0 radical (unpaired) electrons. The predicted molar refractivity (Wildman–Crippen MR) is 63.4 cm³/mol. The lowest BCUT2D eigenvalue weighted by atomic mass is 10.1. The van der Waals surface area contributed by atoms with Crippen LogP contribution in [-0.4, -0.2) is 4.92 Å². The summed E-state index contributed by atoms with van der Waals surface area (Å²) in [7, 11) is 0. The average Bonchev–Trinajstić information content (AvgIpc) is 2.04. The monoisotopic (exact) mass is 253 g/mol. The molecule has 5 nitrogen and oxygen atoms in total. The molecule has 0 aliphatic carbocycles. The number of hydrogen-bond acceptors (Lipinski definition) is 4. The maximum Gasteiger partial charge on any atom is 0.276 e. The van der Waals surface area contributed by atoms with Crippen LogP contribution in [0, 0.1) is 17.0 Å². The molecule has 0 unspecified atom stereocenters. The zero-order valence-corrected chi connectivity index (χ0v) is 9.73. The standard InChI is InChI=1S/C8H11N3O2.2ClH/c1-6-3-2-4-7(5-10-9)8(6)11(12)13;;/h2-4,10H,5,9H2,1H3;2*1H. The van der Waals surface area contributed by atoms with Gasteiger partial charge in [0, 0.05) is 17.7 Å². The highest BCUT2D eigenvalue weighted by atomic mass is 35.5.